The summed E-state index contributed by atoms with van der Waals surface area (Å²) in [5.74, 6) is -0.118. The molecule has 0 aromatic carbocycles. The summed E-state index contributed by atoms with van der Waals surface area (Å²) >= 11 is 0. The molecular formula is C9H16ClNO3. The summed E-state index contributed by atoms with van der Waals surface area (Å²) < 4.78 is 0. The van der Waals surface area contributed by atoms with E-state index in [1.54, 1.807) is 4.90 Å². The van der Waals surface area contributed by atoms with Crippen molar-refractivity contribution in [2.45, 2.75) is 20.8 Å². The third-order valence-electron chi connectivity index (χ3n) is 1.34. The van der Waals surface area contributed by atoms with Crippen LogP contribution in [0.1, 0.15) is 20.8 Å². The van der Waals surface area contributed by atoms with Crippen LogP contribution in [0, 0.1) is 0 Å². The lowest BCUT2D eigenvalue weighted by atomic mass is 10.3. The summed E-state index contributed by atoms with van der Waals surface area (Å²) in [6, 6.07) is 0. The maximum atomic E-state index is 10.8. The van der Waals surface area contributed by atoms with Crippen molar-refractivity contribution in [2.24, 2.45) is 0 Å². The maximum Gasteiger partial charge on any atom is 0.143 e. The molecule has 0 unspecified atom stereocenters. The van der Waals surface area contributed by atoms with Gasteiger partial charge in [-0.15, -0.1) is 12.4 Å². The predicted molar refractivity (Wildman–Crippen MR) is 55.7 cm³/mol. The highest BCUT2D eigenvalue weighted by molar-refractivity contribution is 5.85. The minimum Gasteiger partial charge on any atom is -0.299 e. The lowest BCUT2D eigenvalue weighted by Crippen LogP contribution is -2.36. The first-order chi connectivity index (χ1) is 5.91. The fourth-order valence-electron chi connectivity index (χ4n) is 1.11. The molecule has 0 aliphatic heterocycles. The molecule has 14 heavy (non-hydrogen) atoms. The molecule has 0 spiro atoms. The lowest BCUT2D eigenvalue weighted by Gasteiger charge is -2.17. The average Bonchev–Trinajstić information content (AvgIpc) is 1.80. The normalized spacial score (nSPS) is 9.43. The highest BCUT2D eigenvalue weighted by Crippen LogP contribution is 1.90. The zero-order chi connectivity index (χ0) is 10.4. The summed E-state index contributed by atoms with van der Waals surface area (Å²) in [4.78, 5) is 33.8. The van der Waals surface area contributed by atoms with Crippen LogP contribution in [-0.4, -0.2) is 41.9 Å². The quantitative estimate of drug-likeness (QED) is 0.655. The molecule has 0 heterocycles. The van der Waals surface area contributed by atoms with Gasteiger partial charge in [0.2, 0.25) is 0 Å². The predicted octanol–water partition coefficient (Wildman–Crippen LogP) is 0.477. The Morgan fingerprint density at radius 1 is 0.786 bits per heavy atom. The van der Waals surface area contributed by atoms with Crippen molar-refractivity contribution < 1.29 is 14.4 Å². The Kier molecular flexibility index (Phi) is 8.58. The molecule has 0 aromatic rings. The van der Waals surface area contributed by atoms with Gasteiger partial charge in [-0.05, 0) is 20.8 Å². The fraction of sp³-hybridized carbons (Fsp3) is 0.667. The molecule has 0 atom stereocenters. The molecule has 0 amide bonds. The van der Waals surface area contributed by atoms with Crippen molar-refractivity contribution in [1.29, 1.82) is 0 Å². The van der Waals surface area contributed by atoms with Crippen LogP contribution < -0.4 is 0 Å². The fourth-order valence-corrected chi connectivity index (χ4v) is 1.11. The molecule has 82 valence electrons. The number of carbonyl (C=O) groups excluding carboxylic acids is 3. The largest absolute Gasteiger partial charge is 0.299 e. The van der Waals surface area contributed by atoms with Gasteiger partial charge in [-0.2, -0.15) is 0 Å². The number of hydrogen-bond acceptors (Lipinski definition) is 4. The van der Waals surface area contributed by atoms with Crippen LogP contribution in [0.15, 0.2) is 0 Å². The van der Waals surface area contributed by atoms with Crippen LogP contribution in [0.2, 0.25) is 0 Å². The molecule has 0 aliphatic rings. The standard InChI is InChI=1S/C9H15NO3.ClH/c1-7(11)4-10(5-8(2)12)6-9(3)13;/h4-6H2,1-3H3;1H. The molecule has 0 aliphatic carbocycles. The van der Waals surface area contributed by atoms with Crippen molar-refractivity contribution in [3.05, 3.63) is 0 Å². The first-order valence-electron chi connectivity index (χ1n) is 4.12. The van der Waals surface area contributed by atoms with Gasteiger partial charge < -0.3 is 0 Å². The number of rotatable bonds is 6. The summed E-state index contributed by atoms with van der Waals surface area (Å²) in [6.45, 7) is 4.81. The van der Waals surface area contributed by atoms with Gasteiger partial charge in [0, 0.05) is 0 Å². The van der Waals surface area contributed by atoms with Crippen molar-refractivity contribution in [3.63, 3.8) is 0 Å². The van der Waals surface area contributed by atoms with E-state index in [2.05, 4.69) is 0 Å². The first kappa shape index (κ1) is 15.7. The van der Waals surface area contributed by atoms with Crippen LogP contribution in [0.5, 0.6) is 0 Å². The van der Waals surface area contributed by atoms with E-state index in [9.17, 15) is 14.4 Å². The Labute approximate surface area is 90.1 Å². The topological polar surface area (TPSA) is 54.5 Å². The third-order valence-corrected chi connectivity index (χ3v) is 1.34. The molecule has 0 radical (unpaired) electrons. The zero-order valence-electron chi connectivity index (χ0n) is 8.70. The molecule has 0 fully saturated rings. The van der Waals surface area contributed by atoms with E-state index in [4.69, 9.17) is 0 Å². The SMILES string of the molecule is CC(=O)CN(CC(C)=O)CC(C)=O.Cl. The van der Waals surface area contributed by atoms with Gasteiger partial charge >= 0.3 is 0 Å². The number of Topliss-reactive ketones (excluding diaryl/α,β-unsaturated/α-hetero) is 3. The Morgan fingerprint density at radius 2 is 1.00 bits per heavy atom. The van der Waals surface area contributed by atoms with Crippen molar-refractivity contribution in [3.8, 4) is 0 Å². The number of hydrogen-bond donors (Lipinski definition) is 0. The summed E-state index contributed by atoms with van der Waals surface area (Å²) in [7, 11) is 0. The highest BCUT2D eigenvalue weighted by Gasteiger charge is 2.11. The lowest BCUT2D eigenvalue weighted by molar-refractivity contribution is -0.123. The van der Waals surface area contributed by atoms with E-state index in [1.807, 2.05) is 0 Å². The van der Waals surface area contributed by atoms with Crippen LogP contribution in [0.3, 0.4) is 0 Å². The second kappa shape index (κ2) is 7.64. The van der Waals surface area contributed by atoms with Gasteiger partial charge in [0.05, 0.1) is 19.6 Å². The van der Waals surface area contributed by atoms with E-state index in [0.29, 0.717) is 0 Å². The van der Waals surface area contributed by atoms with E-state index in [0.717, 1.165) is 0 Å². The Morgan fingerprint density at radius 3 is 1.14 bits per heavy atom. The Bertz CT molecular complexity index is 190. The molecular weight excluding hydrogens is 206 g/mol. The smallest absolute Gasteiger partial charge is 0.143 e. The molecule has 0 saturated carbocycles. The van der Waals surface area contributed by atoms with E-state index < -0.39 is 0 Å². The van der Waals surface area contributed by atoms with Crippen molar-refractivity contribution in [1.82, 2.24) is 4.90 Å². The monoisotopic (exact) mass is 221 g/mol. The molecule has 5 heteroatoms. The van der Waals surface area contributed by atoms with Gasteiger partial charge in [-0.3, -0.25) is 19.3 Å². The molecule has 0 bridgehead atoms. The van der Waals surface area contributed by atoms with Crippen LogP contribution in [0.25, 0.3) is 0 Å². The number of halogens is 1. The van der Waals surface area contributed by atoms with E-state index in [-0.39, 0.29) is 49.4 Å². The van der Waals surface area contributed by atoms with Crippen molar-refractivity contribution in [2.75, 3.05) is 19.6 Å². The van der Waals surface area contributed by atoms with Crippen LogP contribution in [-0.2, 0) is 14.4 Å². The minimum absolute atomic E-state index is 0. The summed E-state index contributed by atoms with van der Waals surface area (Å²) in [6.07, 6.45) is 0. The molecule has 0 aromatic heterocycles. The van der Waals surface area contributed by atoms with E-state index >= 15 is 0 Å². The Hall–Kier alpha value is -0.740. The van der Waals surface area contributed by atoms with Crippen LogP contribution >= 0.6 is 12.4 Å². The first-order valence-corrected chi connectivity index (χ1v) is 4.12. The van der Waals surface area contributed by atoms with Crippen LogP contribution in [0.4, 0.5) is 0 Å². The van der Waals surface area contributed by atoms with E-state index in [1.165, 1.54) is 20.8 Å². The molecule has 0 saturated heterocycles. The second-order valence-corrected chi connectivity index (χ2v) is 3.25. The molecule has 4 nitrogen and oxygen atoms in total. The van der Waals surface area contributed by atoms with Gasteiger partial charge in [-0.1, -0.05) is 0 Å². The van der Waals surface area contributed by atoms with Crippen molar-refractivity contribution >= 4 is 29.8 Å². The zero-order valence-corrected chi connectivity index (χ0v) is 9.52. The second-order valence-electron chi connectivity index (χ2n) is 3.25. The molecule has 0 rings (SSSR count). The van der Waals surface area contributed by atoms with Gasteiger partial charge in [0.25, 0.3) is 0 Å². The minimum atomic E-state index is -0.0394. The van der Waals surface area contributed by atoms with Gasteiger partial charge in [0.15, 0.2) is 0 Å². The highest BCUT2D eigenvalue weighted by atomic mass is 35.5. The number of ketones is 3. The third kappa shape index (κ3) is 9.35. The Balaban J connectivity index is 0. The van der Waals surface area contributed by atoms with Gasteiger partial charge in [0.1, 0.15) is 17.3 Å². The van der Waals surface area contributed by atoms with Gasteiger partial charge in [-0.25, -0.2) is 0 Å². The number of nitrogens with zero attached hydrogens (tertiary/aromatic N) is 1. The summed E-state index contributed by atoms with van der Waals surface area (Å²) in [5.41, 5.74) is 0. The average molecular weight is 222 g/mol. The maximum absolute atomic E-state index is 10.8. The molecule has 0 N–H and O–H groups in total. The number of carbonyl (C=O) groups is 3. The summed E-state index contributed by atoms with van der Waals surface area (Å²) in [5, 5.41) is 0.